The largest absolute Gasteiger partial charge is 0.492 e. The average Bonchev–Trinajstić information content (AvgIpc) is 3.39. The van der Waals surface area contributed by atoms with Crippen molar-refractivity contribution in [2.75, 3.05) is 20.3 Å². The van der Waals surface area contributed by atoms with E-state index in [0.29, 0.717) is 11.0 Å². The molecule has 1 amide bonds. The number of carbonyl (C=O) groups excluding carboxylic acids is 2. The highest BCUT2D eigenvalue weighted by Crippen LogP contribution is 2.44. The summed E-state index contributed by atoms with van der Waals surface area (Å²) < 4.78 is 23.0. The van der Waals surface area contributed by atoms with Crippen molar-refractivity contribution in [3.63, 3.8) is 0 Å². The summed E-state index contributed by atoms with van der Waals surface area (Å²) in [7, 11) is 0.507. The SMILES string of the molecule is COC(=O)c1cnc(Cl)c(C=C(CNC(=O)OCC2c3ccccc3-c3ccccc32)B2OC(C)(C)C(C)(C)O2)c1. The molecule has 0 unspecified atom stereocenters. The summed E-state index contributed by atoms with van der Waals surface area (Å²) in [6.45, 7) is 8.00. The van der Waals surface area contributed by atoms with Crippen molar-refractivity contribution in [1.29, 1.82) is 0 Å². The summed E-state index contributed by atoms with van der Waals surface area (Å²) >= 11 is 6.37. The fourth-order valence-electron chi connectivity index (χ4n) is 5.02. The van der Waals surface area contributed by atoms with E-state index >= 15 is 0 Å². The number of nitrogens with one attached hydrogen (secondary N) is 1. The van der Waals surface area contributed by atoms with Crippen LogP contribution in [0.2, 0.25) is 5.15 Å². The van der Waals surface area contributed by atoms with Crippen molar-refractivity contribution in [3.05, 3.63) is 93.7 Å². The molecule has 3 aromatic rings. The number of amides is 1. The molecule has 0 saturated carbocycles. The molecular formula is C31H32BClN2O6. The highest BCUT2D eigenvalue weighted by Gasteiger charge is 2.52. The van der Waals surface area contributed by atoms with Crippen LogP contribution in [0.3, 0.4) is 0 Å². The van der Waals surface area contributed by atoms with Crippen LogP contribution >= 0.6 is 11.6 Å². The maximum Gasteiger partial charge on any atom is 0.492 e. The van der Waals surface area contributed by atoms with Crippen LogP contribution in [0.15, 0.2) is 66.3 Å². The zero-order valence-corrected chi connectivity index (χ0v) is 24.5. The Kier molecular flexibility index (Phi) is 7.96. The molecule has 2 aliphatic rings. The first-order valence-corrected chi connectivity index (χ1v) is 13.8. The van der Waals surface area contributed by atoms with Crippen molar-refractivity contribution in [2.24, 2.45) is 0 Å². The van der Waals surface area contributed by atoms with E-state index < -0.39 is 30.4 Å². The number of benzene rings is 2. The maximum atomic E-state index is 13.0. The topological polar surface area (TPSA) is 96.0 Å². The molecule has 41 heavy (non-hydrogen) atoms. The van der Waals surface area contributed by atoms with Crippen LogP contribution in [0.25, 0.3) is 17.2 Å². The normalized spacial score (nSPS) is 17.1. The Morgan fingerprint density at radius 1 is 1.02 bits per heavy atom. The zero-order valence-electron chi connectivity index (χ0n) is 23.7. The molecule has 1 saturated heterocycles. The van der Waals surface area contributed by atoms with E-state index in [0.717, 1.165) is 22.3 Å². The van der Waals surface area contributed by atoms with Gasteiger partial charge in [0.15, 0.2) is 0 Å². The van der Waals surface area contributed by atoms with Gasteiger partial charge in [0.1, 0.15) is 11.8 Å². The number of carbonyl (C=O) groups is 2. The van der Waals surface area contributed by atoms with Gasteiger partial charge in [-0.2, -0.15) is 0 Å². The Morgan fingerprint density at radius 3 is 2.20 bits per heavy atom. The van der Waals surface area contributed by atoms with Crippen molar-refractivity contribution >= 4 is 36.9 Å². The number of alkyl carbamates (subject to hydrolysis) is 1. The minimum Gasteiger partial charge on any atom is -0.465 e. The van der Waals surface area contributed by atoms with Gasteiger partial charge in [0.05, 0.1) is 23.9 Å². The van der Waals surface area contributed by atoms with Crippen LogP contribution in [-0.4, -0.2) is 55.6 Å². The number of pyridine rings is 1. The summed E-state index contributed by atoms with van der Waals surface area (Å²) in [6.07, 6.45) is 2.46. The quantitative estimate of drug-likeness (QED) is 0.208. The third-order valence-corrected chi connectivity index (χ3v) is 8.28. The molecule has 0 radical (unpaired) electrons. The Balaban J connectivity index is 1.34. The second kappa shape index (κ2) is 11.3. The number of methoxy groups -OCH3 is 1. The fourth-order valence-corrected chi connectivity index (χ4v) is 5.17. The van der Waals surface area contributed by atoms with Gasteiger partial charge in [-0.3, -0.25) is 0 Å². The van der Waals surface area contributed by atoms with Crippen LogP contribution < -0.4 is 5.32 Å². The second-order valence-electron chi connectivity index (χ2n) is 11.1. The van der Waals surface area contributed by atoms with Gasteiger partial charge in [0.2, 0.25) is 0 Å². The molecule has 2 aromatic carbocycles. The molecule has 5 rings (SSSR count). The molecule has 0 spiro atoms. The van der Waals surface area contributed by atoms with Gasteiger partial charge in [-0.1, -0.05) is 66.2 Å². The van der Waals surface area contributed by atoms with Crippen molar-refractivity contribution in [2.45, 2.75) is 44.8 Å². The molecule has 10 heteroatoms. The third-order valence-electron chi connectivity index (χ3n) is 7.96. The second-order valence-corrected chi connectivity index (χ2v) is 11.4. The lowest BCUT2D eigenvalue weighted by molar-refractivity contribution is 0.00578. The minimum absolute atomic E-state index is 0.0479. The van der Waals surface area contributed by atoms with Gasteiger partial charge < -0.3 is 24.1 Å². The van der Waals surface area contributed by atoms with Crippen molar-refractivity contribution in [3.8, 4) is 11.1 Å². The van der Waals surface area contributed by atoms with Gasteiger partial charge in [0, 0.05) is 24.2 Å². The van der Waals surface area contributed by atoms with E-state index in [1.165, 1.54) is 13.3 Å². The number of aromatic nitrogens is 1. The molecule has 8 nitrogen and oxygen atoms in total. The van der Waals surface area contributed by atoms with E-state index in [2.05, 4.69) is 34.6 Å². The van der Waals surface area contributed by atoms with E-state index in [1.807, 2.05) is 52.0 Å². The number of rotatable bonds is 7. The van der Waals surface area contributed by atoms with Crippen LogP contribution in [-0.2, 0) is 18.8 Å². The van der Waals surface area contributed by atoms with Gasteiger partial charge >= 0.3 is 19.2 Å². The smallest absolute Gasteiger partial charge is 0.465 e. The molecule has 0 atom stereocenters. The summed E-state index contributed by atoms with van der Waals surface area (Å²) in [4.78, 5) is 29.2. The lowest BCUT2D eigenvalue weighted by Crippen LogP contribution is -2.41. The molecule has 1 aliphatic carbocycles. The molecule has 212 valence electrons. The number of ether oxygens (including phenoxy) is 2. The first-order chi connectivity index (χ1) is 19.5. The van der Waals surface area contributed by atoms with E-state index in [1.54, 1.807) is 12.1 Å². The Bertz CT molecular complexity index is 1460. The molecule has 1 N–H and O–H groups in total. The summed E-state index contributed by atoms with van der Waals surface area (Å²) in [5.41, 5.74) is 4.61. The molecule has 1 fully saturated rings. The zero-order chi connectivity index (χ0) is 29.4. The summed E-state index contributed by atoms with van der Waals surface area (Å²) in [6, 6.07) is 17.9. The molecule has 2 heterocycles. The Labute approximate surface area is 245 Å². The number of halogens is 1. The van der Waals surface area contributed by atoms with Crippen molar-refractivity contribution < 1.29 is 28.4 Å². The Hall–Kier alpha value is -3.66. The maximum absolute atomic E-state index is 13.0. The van der Waals surface area contributed by atoms with Gasteiger partial charge in [-0.15, -0.1) is 0 Å². The monoisotopic (exact) mass is 574 g/mol. The van der Waals surface area contributed by atoms with Gasteiger partial charge in [0.25, 0.3) is 0 Å². The number of nitrogens with zero attached hydrogens (tertiary/aromatic N) is 1. The lowest BCUT2D eigenvalue weighted by atomic mass is 9.77. The number of hydrogen-bond acceptors (Lipinski definition) is 7. The number of hydrogen-bond donors (Lipinski definition) is 1. The van der Waals surface area contributed by atoms with Gasteiger partial charge in [-0.25, -0.2) is 14.6 Å². The Morgan fingerprint density at radius 2 is 1.61 bits per heavy atom. The molecular weight excluding hydrogens is 543 g/mol. The number of esters is 1. The highest BCUT2D eigenvalue weighted by atomic mass is 35.5. The van der Waals surface area contributed by atoms with Crippen molar-refractivity contribution in [1.82, 2.24) is 10.3 Å². The van der Waals surface area contributed by atoms with E-state index in [4.69, 9.17) is 30.4 Å². The first kappa shape index (κ1) is 28.9. The van der Waals surface area contributed by atoms with Gasteiger partial charge in [-0.05, 0) is 61.5 Å². The van der Waals surface area contributed by atoms with Crippen LogP contribution in [0, 0.1) is 0 Å². The number of fused-ring (bicyclic) bond motifs is 3. The van der Waals surface area contributed by atoms with Crippen LogP contribution in [0.4, 0.5) is 4.79 Å². The molecule has 1 aromatic heterocycles. The standard InChI is InChI=1S/C31H32BClN2O6/c1-30(2)31(3,4)41-32(40-30)21(15-19-14-20(28(36)38-5)16-34-27(19)33)17-35-29(37)39-18-26-24-12-8-6-10-22(24)23-11-7-9-13-25(23)26/h6-16,26H,17-18H2,1-5H3,(H,35,37). The van der Waals surface area contributed by atoms with E-state index in [-0.39, 0.29) is 29.8 Å². The average molecular weight is 575 g/mol. The fraction of sp³-hybridized carbons (Fsp3) is 0.323. The first-order valence-electron chi connectivity index (χ1n) is 13.4. The summed E-state index contributed by atoms with van der Waals surface area (Å²) in [5.74, 6) is -0.602. The van der Waals surface area contributed by atoms with E-state index in [9.17, 15) is 9.59 Å². The lowest BCUT2D eigenvalue weighted by Gasteiger charge is -2.32. The predicted molar refractivity (Wildman–Crippen MR) is 158 cm³/mol. The molecule has 1 aliphatic heterocycles. The molecule has 0 bridgehead atoms. The third kappa shape index (κ3) is 5.75. The summed E-state index contributed by atoms with van der Waals surface area (Å²) in [5, 5.41) is 3.00. The predicted octanol–water partition coefficient (Wildman–Crippen LogP) is 6.08. The highest BCUT2D eigenvalue weighted by molar-refractivity contribution is 6.56. The van der Waals surface area contributed by atoms with Crippen LogP contribution in [0.1, 0.15) is 60.7 Å². The minimum atomic E-state index is -0.785. The van der Waals surface area contributed by atoms with Crippen LogP contribution in [0.5, 0.6) is 0 Å².